The summed E-state index contributed by atoms with van der Waals surface area (Å²) in [6.45, 7) is 8.64. The van der Waals surface area contributed by atoms with Crippen LogP contribution in [0.4, 0.5) is 0 Å². The zero-order chi connectivity index (χ0) is 15.0. The van der Waals surface area contributed by atoms with Crippen LogP contribution in [0.1, 0.15) is 79.1 Å². The summed E-state index contributed by atoms with van der Waals surface area (Å²) in [7, 11) is 0. The molecule has 2 saturated carbocycles. The summed E-state index contributed by atoms with van der Waals surface area (Å²) in [5.74, 6) is 2.03. The topological polar surface area (TPSA) is 40.5 Å². The van der Waals surface area contributed by atoms with E-state index in [1.165, 1.54) is 32.1 Å². The molecule has 0 amide bonds. The van der Waals surface area contributed by atoms with Gasteiger partial charge in [0.25, 0.3) is 0 Å². The first kappa shape index (κ1) is 16.3. The van der Waals surface area contributed by atoms with Crippen molar-refractivity contribution in [1.82, 2.24) is 0 Å². The van der Waals surface area contributed by atoms with Crippen LogP contribution in [0.15, 0.2) is 0 Å². The molecule has 0 spiro atoms. The molecule has 20 heavy (non-hydrogen) atoms. The fraction of sp³-hybridized carbons (Fsp3) is 1.00. The second kappa shape index (κ2) is 5.96. The molecule has 5 atom stereocenters. The summed E-state index contributed by atoms with van der Waals surface area (Å²) in [5.41, 5.74) is -0.158. The highest BCUT2D eigenvalue weighted by molar-refractivity contribution is 5.01. The molecule has 0 aromatic rings. The quantitative estimate of drug-likeness (QED) is 0.795. The van der Waals surface area contributed by atoms with Crippen LogP contribution in [0, 0.1) is 23.2 Å². The Labute approximate surface area is 125 Å². The van der Waals surface area contributed by atoms with Gasteiger partial charge in [0.1, 0.15) is 0 Å². The van der Waals surface area contributed by atoms with Gasteiger partial charge in [0.05, 0.1) is 11.7 Å². The smallest absolute Gasteiger partial charge is 0.0591 e. The lowest BCUT2D eigenvalue weighted by atomic mass is 9.61. The second-order valence-corrected chi connectivity index (χ2v) is 8.44. The van der Waals surface area contributed by atoms with Crippen LogP contribution in [0.25, 0.3) is 0 Å². The van der Waals surface area contributed by atoms with Crippen LogP contribution in [-0.2, 0) is 0 Å². The van der Waals surface area contributed by atoms with E-state index >= 15 is 0 Å². The highest BCUT2D eigenvalue weighted by Gasteiger charge is 2.51. The number of fused-ring (bicyclic) bond motifs is 1. The Morgan fingerprint density at radius 2 is 1.95 bits per heavy atom. The van der Waals surface area contributed by atoms with Crippen LogP contribution in [0.2, 0.25) is 0 Å². The molecule has 0 heterocycles. The van der Waals surface area contributed by atoms with Crippen molar-refractivity contribution in [3.05, 3.63) is 0 Å². The van der Waals surface area contributed by atoms with E-state index < -0.39 is 5.60 Å². The number of rotatable bonds is 5. The minimum atomic E-state index is -0.525. The number of hydrogen-bond donors (Lipinski definition) is 2. The van der Waals surface area contributed by atoms with Gasteiger partial charge in [0.2, 0.25) is 0 Å². The highest BCUT2D eigenvalue weighted by Crippen LogP contribution is 2.58. The molecule has 2 N–H and O–H groups in total. The molecule has 0 aliphatic heterocycles. The number of aliphatic hydroxyl groups excluding tert-OH is 1. The third kappa shape index (κ3) is 3.39. The fourth-order valence-corrected chi connectivity index (χ4v) is 5.18. The number of hydrogen-bond acceptors (Lipinski definition) is 2. The van der Waals surface area contributed by atoms with Crippen molar-refractivity contribution in [2.45, 2.75) is 90.8 Å². The highest BCUT2D eigenvalue weighted by atomic mass is 16.3. The standard InChI is InChI=1S/C18H34O2/c1-13(7-5-11-17(2,3)20)14-9-10-15-16(19)8-6-12-18(14,15)4/h13-16,19-20H,5-12H2,1-4H3/t13-,14+,15-,16-,18+/m0/s1. The van der Waals surface area contributed by atoms with Gasteiger partial charge in [-0.1, -0.05) is 33.1 Å². The van der Waals surface area contributed by atoms with Gasteiger partial charge in [0.15, 0.2) is 0 Å². The molecule has 0 saturated heterocycles. The summed E-state index contributed by atoms with van der Waals surface area (Å²) in [6.07, 6.45) is 9.20. The third-order valence-corrected chi connectivity index (χ3v) is 6.30. The Bertz CT molecular complexity index is 320. The molecular weight excluding hydrogens is 248 g/mol. The zero-order valence-corrected chi connectivity index (χ0v) is 13.9. The van der Waals surface area contributed by atoms with E-state index in [0.717, 1.165) is 31.1 Å². The monoisotopic (exact) mass is 282 g/mol. The van der Waals surface area contributed by atoms with Crippen molar-refractivity contribution in [2.75, 3.05) is 0 Å². The third-order valence-electron chi connectivity index (χ3n) is 6.30. The van der Waals surface area contributed by atoms with E-state index in [9.17, 15) is 10.2 Å². The lowest BCUT2D eigenvalue weighted by molar-refractivity contribution is -0.0283. The van der Waals surface area contributed by atoms with Crippen molar-refractivity contribution >= 4 is 0 Å². The minimum Gasteiger partial charge on any atom is -0.393 e. The largest absolute Gasteiger partial charge is 0.393 e. The molecule has 2 aliphatic rings. The first-order valence-electron chi connectivity index (χ1n) is 8.64. The van der Waals surface area contributed by atoms with Gasteiger partial charge in [-0.3, -0.25) is 0 Å². The maximum Gasteiger partial charge on any atom is 0.0591 e. The van der Waals surface area contributed by atoms with E-state index in [-0.39, 0.29) is 6.10 Å². The van der Waals surface area contributed by atoms with Gasteiger partial charge in [-0.2, -0.15) is 0 Å². The maximum absolute atomic E-state index is 10.3. The molecule has 118 valence electrons. The van der Waals surface area contributed by atoms with Crippen molar-refractivity contribution in [3.63, 3.8) is 0 Å². The molecule has 2 nitrogen and oxygen atoms in total. The molecule has 0 radical (unpaired) electrons. The van der Waals surface area contributed by atoms with E-state index in [1.807, 2.05) is 13.8 Å². The molecule has 2 fully saturated rings. The van der Waals surface area contributed by atoms with Gasteiger partial charge in [0, 0.05) is 0 Å². The molecule has 0 bridgehead atoms. The van der Waals surface area contributed by atoms with Gasteiger partial charge in [-0.05, 0) is 69.1 Å². The first-order chi connectivity index (χ1) is 9.24. The Kier molecular flexibility index (Phi) is 4.86. The first-order valence-corrected chi connectivity index (χ1v) is 8.64. The zero-order valence-electron chi connectivity index (χ0n) is 13.9. The van der Waals surface area contributed by atoms with E-state index in [4.69, 9.17) is 0 Å². The Balaban J connectivity index is 1.92. The van der Waals surface area contributed by atoms with Crippen molar-refractivity contribution in [1.29, 1.82) is 0 Å². The Morgan fingerprint density at radius 3 is 2.60 bits per heavy atom. The van der Waals surface area contributed by atoms with Gasteiger partial charge < -0.3 is 10.2 Å². The predicted octanol–water partition coefficient (Wildman–Crippen LogP) is 4.14. The molecular formula is C18H34O2. The molecule has 0 aromatic heterocycles. The fourth-order valence-electron chi connectivity index (χ4n) is 5.18. The predicted molar refractivity (Wildman–Crippen MR) is 83.5 cm³/mol. The van der Waals surface area contributed by atoms with Crippen LogP contribution in [0.3, 0.4) is 0 Å². The summed E-state index contributed by atoms with van der Waals surface area (Å²) in [6, 6.07) is 0. The molecule has 0 aromatic carbocycles. The average molecular weight is 282 g/mol. The summed E-state index contributed by atoms with van der Waals surface area (Å²) in [4.78, 5) is 0. The van der Waals surface area contributed by atoms with Crippen LogP contribution >= 0.6 is 0 Å². The molecule has 2 rings (SSSR count). The summed E-state index contributed by atoms with van der Waals surface area (Å²) >= 11 is 0. The maximum atomic E-state index is 10.3. The van der Waals surface area contributed by atoms with Gasteiger partial charge in [-0.25, -0.2) is 0 Å². The normalized spacial score (nSPS) is 39.6. The average Bonchev–Trinajstić information content (AvgIpc) is 2.66. The Morgan fingerprint density at radius 1 is 1.25 bits per heavy atom. The Hall–Kier alpha value is -0.0800. The van der Waals surface area contributed by atoms with Crippen molar-refractivity contribution < 1.29 is 10.2 Å². The van der Waals surface area contributed by atoms with Crippen molar-refractivity contribution in [2.24, 2.45) is 23.2 Å². The lowest BCUT2D eigenvalue weighted by Gasteiger charge is -2.45. The summed E-state index contributed by atoms with van der Waals surface area (Å²) < 4.78 is 0. The summed E-state index contributed by atoms with van der Waals surface area (Å²) in [5, 5.41) is 20.1. The van der Waals surface area contributed by atoms with E-state index in [2.05, 4.69) is 13.8 Å². The van der Waals surface area contributed by atoms with Crippen LogP contribution in [0.5, 0.6) is 0 Å². The molecule has 0 unspecified atom stereocenters. The minimum absolute atomic E-state index is 0.0534. The second-order valence-electron chi connectivity index (χ2n) is 8.44. The molecule has 2 aliphatic carbocycles. The van der Waals surface area contributed by atoms with Crippen molar-refractivity contribution in [3.8, 4) is 0 Å². The lowest BCUT2D eigenvalue weighted by Crippen LogP contribution is -2.41. The van der Waals surface area contributed by atoms with Crippen LogP contribution < -0.4 is 0 Å². The van der Waals surface area contributed by atoms with Crippen LogP contribution in [-0.4, -0.2) is 21.9 Å². The molecule has 2 heteroatoms. The SMILES string of the molecule is C[C@@H](CCCC(C)(C)O)[C@H]1CC[C@H]2[C@@H](O)CCC[C@]12C. The van der Waals surface area contributed by atoms with E-state index in [0.29, 0.717) is 11.3 Å². The number of aliphatic hydroxyl groups is 2. The van der Waals surface area contributed by atoms with Gasteiger partial charge >= 0.3 is 0 Å². The van der Waals surface area contributed by atoms with Gasteiger partial charge in [-0.15, -0.1) is 0 Å². The van der Waals surface area contributed by atoms with E-state index in [1.54, 1.807) is 0 Å².